The second-order valence-electron chi connectivity index (χ2n) is 8.43. The Labute approximate surface area is 179 Å². The molecule has 0 saturated carbocycles. The van der Waals surface area contributed by atoms with Crippen LogP contribution in [0.2, 0.25) is 0 Å². The molecule has 1 aliphatic rings. The second kappa shape index (κ2) is 8.97. The summed E-state index contributed by atoms with van der Waals surface area (Å²) in [5.41, 5.74) is 6.96. The van der Waals surface area contributed by atoms with Gasteiger partial charge in [-0.05, 0) is 55.5 Å². The summed E-state index contributed by atoms with van der Waals surface area (Å²) in [5, 5.41) is 1.14. The fraction of sp³-hybridized carbons (Fsp3) is 0.385. The van der Waals surface area contributed by atoms with Gasteiger partial charge in [-0.2, -0.15) is 0 Å². The smallest absolute Gasteiger partial charge is 0.227 e. The highest BCUT2D eigenvalue weighted by molar-refractivity contribution is 5.86. The van der Waals surface area contributed by atoms with Crippen LogP contribution in [-0.2, 0) is 17.8 Å². The van der Waals surface area contributed by atoms with Crippen LogP contribution in [0.15, 0.2) is 48.5 Å². The van der Waals surface area contributed by atoms with Gasteiger partial charge < -0.3 is 4.90 Å². The number of rotatable bonds is 4. The van der Waals surface area contributed by atoms with Crippen LogP contribution < -0.4 is 0 Å². The molecule has 1 fully saturated rings. The summed E-state index contributed by atoms with van der Waals surface area (Å²) in [7, 11) is 0. The zero-order valence-electron chi connectivity index (χ0n) is 18.3. The van der Waals surface area contributed by atoms with Crippen LogP contribution in [0.5, 0.6) is 0 Å². The molecule has 1 amide bonds. The van der Waals surface area contributed by atoms with Crippen molar-refractivity contribution >= 4 is 16.8 Å². The fourth-order valence-electron chi connectivity index (χ4n) is 4.50. The number of para-hydroxylation sites is 1. The van der Waals surface area contributed by atoms with E-state index in [1.807, 2.05) is 30.0 Å². The van der Waals surface area contributed by atoms with E-state index < -0.39 is 0 Å². The summed E-state index contributed by atoms with van der Waals surface area (Å²) in [6, 6.07) is 16.8. The molecule has 156 valence electrons. The maximum Gasteiger partial charge on any atom is 0.227 e. The van der Waals surface area contributed by atoms with E-state index in [4.69, 9.17) is 4.98 Å². The van der Waals surface area contributed by atoms with Crippen molar-refractivity contribution in [1.29, 1.82) is 0 Å². The van der Waals surface area contributed by atoms with E-state index in [0.29, 0.717) is 6.42 Å². The van der Waals surface area contributed by atoms with E-state index >= 15 is 0 Å². The largest absolute Gasteiger partial charge is 0.341 e. The molecular formula is C26H31N3O. The lowest BCUT2D eigenvalue weighted by molar-refractivity contribution is -0.130. The Hall–Kier alpha value is -2.72. The Bertz CT molecular complexity index is 1060. The number of aryl methyl sites for hydroxylation is 3. The maximum atomic E-state index is 13.2. The Balaban J connectivity index is 1.43. The number of hydrogen-bond donors (Lipinski definition) is 0. The van der Waals surface area contributed by atoms with Crippen LogP contribution >= 0.6 is 0 Å². The first-order chi connectivity index (χ1) is 14.5. The molecule has 0 radical (unpaired) electrons. The molecular weight excluding hydrogens is 370 g/mol. The minimum absolute atomic E-state index is 0.219. The zero-order valence-corrected chi connectivity index (χ0v) is 18.3. The van der Waals surface area contributed by atoms with Gasteiger partial charge in [-0.25, -0.2) is 0 Å². The molecule has 4 heteroatoms. The van der Waals surface area contributed by atoms with E-state index in [1.54, 1.807) is 0 Å². The minimum atomic E-state index is 0.219. The Morgan fingerprint density at radius 3 is 2.53 bits per heavy atom. The van der Waals surface area contributed by atoms with E-state index in [9.17, 15) is 4.79 Å². The van der Waals surface area contributed by atoms with Gasteiger partial charge in [0.25, 0.3) is 0 Å². The van der Waals surface area contributed by atoms with Crippen molar-refractivity contribution in [3.05, 3.63) is 76.5 Å². The van der Waals surface area contributed by atoms with Gasteiger partial charge in [0.15, 0.2) is 0 Å². The molecule has 2 aromatic carbocycles. The van der Waals surface area contributed by atoms with Gasteiger partial charge in [-0.3, -0.25) is 14.7 Å². The predicted molar refractivity (Wildman–Crippen MR) is 123 cm³/mol. The lowest BCUT2D eigenvalue weighted by atomic mass is 9.99. The third-order valence-electron chi connectivity index (χ3n) is 6.41. The standard InChI is InChI=1S/C26H31N3O/c1-19-9-4-5-10-22(19)18-28-13-8-14-29(16-15-28)26(30)17-24-20(2)23-11-6-7-12-25(23)27-21(24)3/h4-7,9-12H,8,13-18H2,1-3H3. The van der Waals surface area contributed by atoms with Crippen molar-refractivity contribution in [1.82, 2.24) is 14.8 Å². The van der Waals surface area contributed by atoms with Crippen LogP contribution in [0.1, 0.15) is 34.4 Å². The van der Waals surface area contributed by atoms with Gasteiger partial charge in [-0.15, -0.1) is 0 Å². The normalized spacial score (nSPS) is 15.4. The molecule has 0 atom stereocenters. The molecule has 4 nitrogen and oxygen atoms in total. The average Bonchev–Trinajstić information content (AvgIpc) is 2.98. The summed E-state index contributed by atoms with van der Waals surface area (Å²) < 4.78 is 0. The summed E-state index contributed by atoms with van der Waals surface area (Å²) in [4.78, 5) is 22.4. The van der Waals surface area contributed by atoms with Gasteiger partial charge in [0.05, 0.1) is 11.9 Å². The third kappa shape index (κ3) is 4.39. The zero-order chi connectivity index (χ0) is 21.1. The highest BCUT2D eigenvalue weighted by Gasteiger charge is 2.21. The van der Waals surface area contributed by atoms with Gasteiger partial charge in [-0.1, -0.05) is 42.5 Å². The lowest BCUT2D eigenvalue weighted by Crippen LogP contribution is -2.36. The number of carbonyl (C=O) groups is 1. The van der Waals surface area contributed by atoms with Crippen molar-refractivity contribution in [2.45, 2.75) is 40.2 Å². The molecule has 30 heavy (non-hydrogen) atoms. The number of nitrogens with zero attached hydrogens (tertiary/aromatic N) is 3. The van der Waals surface area contributed by atoms with Gasteiger partial charge in [0, 0.05) is 43.8 Å². The second-order valence-corrected chi connectivity index (χ2v) is 8.43. The number of aromatic nitrogens is 1. The molecule has 0 aliphatic carbocycles. The van der Waals surface area contributed by atoms with Gasteiger partial charge >= 0.3 is 0 Å². The number of carbonyl (C=O) groups excluding carboxylic acids is 1. The van der Waals surface area contributed by atoms with Gasteiger partial charge in [0.2, 0.25) is 5.91 Å². The van der Waals surface area contributed by atoms with Crippen LogP contribution in [-0.4, -0.2) is 46.9 Å². The molecule has 2 heterocycles. The Morgan fingerprint density at radius 2 is 1.70 bits per heavy atom. The SMILES string of the molecule is Cc1ccccc1CN1CCCN(C(=O)Cc2c(C)nc3ccccc3c2C)CC1. The van der Waals surface area contributed by atoms with Crippen molar-refractivity contribution < 1.29 is 4.79 Å². The molecule has 0 N–H and O–H groups in total. The summed E-state index contributed by atoms with van der Waals surface area (Å²) in [6.45, 7) is 10.9. The Kier molecular flexibility index (Phi) is 6.14. The van der Waals surface area contributed by atoms with Crippen LogP contribution in [0, 0.1) is 20.8 Å². The Morgan fingerprint density at radius 1 is 0.933 bits per heavy atom. The third-order valence-corrected chi connectivity index (χ3v) is 6.41. The van der Waals surface area contributed by atoms with Crippen molar-refractivity contribution in [3.63, 3.8) is 0 Å². The van der Waals surface area contributed by atoms with Crippen molar-refractivity contribution in [2.24, 2.45) is 0 Å². The summed E-state index contributed by atoms with van der Waals surface area (Å²) in [5.74, 6) is 0.219. The predicted octanol–water partition coefficient (Wildman–Crippen LogP) is 4.44. The van der Waals surface area contributed by atoms with Crippen LogP contribution in [0.3, 0.4) is 0 Å². The molecule has 4 rings (SSSR count). The lowest BCUT2D eigenvalue weighted by Gasteiger charge is -2.23. The average molecular weight is 402 g/mol. The fourth-order valence-corrected chi connectivity index (χ4v) is 4.50. The summed E-state index contributed by atoms with van der Waals surface area (Å²) in [6.07, 6.45) is 1.46. The number of amides is 1. The molecule has 3 aromatic rings. The molecule has 0 spiro atoms. The highest BCUT2D eigenvalue weighted by atomic mass is 16.2. The van der Waals surface area contributed by atoms with E-state index in [-0.39, 0.29) is 5.91 Å². The highest BCUT2D eigenvalue weighted by Crippen LogP contribution is 2.23. The monoisotopic (exact) mass is 401 g/mol. The minimum Gasteiger partial charge on any atom is -0.341 e. The first-order valence-electron chi connectivity index (χ1n) is 10.9. The molecule has 1 aromatic heterocycles. The molecule has 1 saturated heterocycles. The maximum absolute atomic E-state index is 13.2. The number of benzene rings is 2. The molecule has 1 aliphatic heterocycles. The number of pyridine rings is 1. The number of fused-ring (bicyclic) bond motifs is 1. The van der Waals surface area contributed by atoms with E-state index in [0.717, 1.165) is 61.3 Å². The molecule has 0 unspecified atom stereocenters. The van der Waals surface area contributed by atoms with Crippen LogP contribution in [0.25, 0.3) is 10.9 Å². The van der Waals surface area contributed by atoms with E-state index in [2.05, 4.69) is 49.1 Å². The quantitative estimate of drug-likeness (QED) is 0.649. The first kappa shape index (κ1) is 20.5. The van der Waals surface area contributed by atoms with Gasteiger partial charge in [0.1, 0.15) is 0 Å². The summed E-state index contributed by atoms with van der Waals surface area (Å²) >= 11 is 0. The first-order valence-corrected chi connectivity index (χ1v) is 10.9. The van der Waals surface area contributed by atoms with Crippen LogP contribution in [0.4, 0.5) is 0 Å². The van der Waals surface area contributed by atoms with Crippen molar-refractivity contribution in [2.75, 3.05) is 26.2 Å². The topological polar surface area (TPSA) is 36.4 Å². The molecule has 0 bridgehead atoms. The van der Waals surface area contributed by atoms with Crippen molar-refractivity contribution in [3.8, 4) is 0 Å². The number of hydrogen-bond acceptors (Lipinski definition) is 3. The van der Waals surface area contributed by atoms with E-state index in [1.165, 1.54) is 16.7 Å².